The van der Waals surface area contributed by atoms with Crippen LogP contribution in [0.15, 0.2) is 4.58 Å². The van der Waals surface area contributed by atoms with Gasteiger partial charge in [0.25, 0.3) is 0 Å². The molecule has 0 aliphatic carbocycles. The van der Waals surface area contributed by atoms with Crippen LogP contribution in [0.2, 0.25) is 0 Å². The molecule has 1 atom stereocenters. The van der Waals surface area contributed by atoms with Gasteiger partial charge in [0.15, 0.2) is 0 Å². The van der Waals surface area contributed by atoms with Crippen LogP contribution in [0.5, 0.6) is 0 Å². The summed E-state index contributed by atoms with van der Waals surface area (Å²) in [5, 5.41) is 15.7. The average molecular weight is 225 g/mol. The lowest BCUT2D eigenvalue weighted by Gasteiger charge is -1.98. The van der Waals surface area contributed by atoms with Crippen LogP contribution in [0.1, 0.15) is 0 Å². The highest BCUT2D eigenvalue weighted by Crippen LogP contribution is 2.00. The Labute approximate surface area is 83.7 Å². The molecule has 82 valence electrons. The molecular weight excluding hydrogens is 214 g/mol. The van der Waals surface area contributed by atoms with Crippen LogP contribution in [0.4, 0.5) is 0 Å². The average Bonchev–Trinajstić information content (AvgIpc) is 2.14. The summed E-state index contributed by atoms with van der Waals surface area (Å²) < 4.78 is 2.38. The largest absolute Gasteiger partial charge is 0.480 e. The molecule has 0 spiro atoms. The number of hydrogen-bond acceptors (Lipinski definition) is 7. The van der Waals surface area contributed by atoms with Gasteiger partial charge in [-0.2, -0.15) is 0 Å². The molecule has 0 heterocycles. The first-order valence-electron chi connectivity index (χ1n) is 3.30. The Balaban J connectivity index is 0. The van der Waals surface area contributed by atoms with E-state index in [1.807, 2.05) is 0 Å². The SMILES string of the molecule is NC(CSN=O)C(=O)O.NCC(=O)O. The van der Waals surface area contributed by atoms with Crippen molar-refractivity contribution in [3.8, 4) is 0 Å². The Hall–Kier alpha value is -1.19. The monoisotopic (exact) mass is 225 g/mol. The number of carboxylic acids is 2. The minimum Gasteiger partial charge on any atom is -0.480 e. The molecule has 9 heteroatoms. The van der Waals surface area contributed by atoms with E-state index in [9.17, 15) is 14.5 Å². The zero-order chi connectivity index (χ0) is 11.6. The second kappa shape index (κ2) is 9.89. The molecule has 0 amide bonds. The van der Waals surface area contributed by atoms with E-state index in [1.165, 1.54) is 0 Å². The van der Waals surface area contributed by atoms with Crippen molar-refractivity contribution in [2.24, 2.45) is 16.0 Å². The van der Waals surface area contributed by atoms with Crippen molar-refractivity contribution in [3.63, 3.8) is 0 Å². The Bertz CT molecular complexity index is 200. The smallest absolute Gasteiger partial charge is 0.321 e. The lowest BCUT2D eigenvalue weighted by molar-refractivity contribution is -0.138. The van der Waals surface area contributed by atoms with Gasteiger partial charge < -0.3 is 21.7 Å². The van der Waals surface area contributed by atoms with Crippen molar-refractivity contribution in [2.75, 3.05) is 12.3 Å². The summed E-state index contributed by atoms with van der Waals surface area (Å²) in [4.78, 5) is 28.6. The molecule has 0 aliphatic rings. The highest BCUT2D eigenvalue weighted by atomic mass is 32.2. The highest BCUT2D eigenvalue weighted by molar-refractivity contribution is 7.97. The van der Waals surface area contributed by atoms with E-state index in [2.05, 4.69) is 10.3 Å². The van der Waals surface area contributed by atoms with Crippen molar-refractivity contribution in [3.05, 3.63) is 4.91 Å². The Morgan fingerprint density at radius 2 is 1.86 bits per heavy atom. The second-order valence-corrected chi connectivity index (χ2v) is 2.65. The normalized spacial score (nSPS) is 10.7. The quantitative estimate of drug-likeness (QED) is 0.337. The van der Waals surface area contributed by atoms with Crippen LogP contribution >= 0.6 is 11.9 Å². The molecule has 0 aromatic rings. The molecule has 8 nitrogen and oxygen atoms in total. The van der Waals surface area contributed by atoms with Gasteiger partial charge in [-0.05, 0) is 0 Å². The minimum atomic E-state index is -1.12. The molecule has 0 aromatic heterocycles. The molecule has 0 rings (SSSR count). The molecule has 6 N–H and O–H groups in total. The topological polar surface area (TPSA) is 156 Å². The van der Waals surface area contributed by atoms with E-state index in [0.717, 1.165) is 0 Å². The molecule has 0 saturated carbocycles. The second-order valence-electron chi connectivity index (χ2n) is 1.91. The van der Waals surface area contributed by atoms with Crippen LogP contribution in [0, 0.1) is 4.91 Å². The molecule has 0 aromatic carbocycles. The zero-order valence-corrected chi connectivity index (χ0v) is 7.94. The number of aliphatic carboxylic acids is 2. The number of carbonyl (C=O) groups is 2. The standard InChI is InChI=1S/C3H6N2O3S.C2H5NO2/c4-2(3(6)7)1-9-5-8;3-1-2(4)5/h2H,1,4H2,(H,6,7);1,3H2,(H,4,5). The molecule has 0 bridgehead atoms. The summed E-state index contributed by atoms with van der Waals surface area (Å²) in [7, 11) is 0. The van der Waals surface area contributed by atoms with Gasteiger partial charge in [-0.25, -0.2) is 0 Å². The molecule has 0 aliphatic heterocycles. The van der Waals surface area contributed by atoms with Gasteiger partial charge in [-0.1, -0.05) is 0 Å². The lowest BCUT2D eigenvalue weighted by Crippen LogP contribution is -2.32. The van der Waals surface area contributed by atoms with E-state index in [0.29, 0.717) is 11.9 Å². The summed E-state index contributed by atoms with van der Waals surface area (Å²) in [6.07, 6.45) is 0. The van der Waals surface area contributed by atoms with E-state index in [-0.39, 0.29) is 12.3 Å². The number of hydrogen-bond donors (Lipinski definition) is 4. The first kappa shape index (κ1) is 15.3. The Morgan fingerprint density at radius 3 is 2.07 bits per heavy atom. The predicted molar refractivity (Wildman–Crippen MR) is 50.6 cm³/mol. The van der Waals surface area contributed by atoms with Gasteiger partial charge in [0.05, 0.1) is 6.54 Å². The van der Waals surface area contributed by atoms with Crippen LogP contribution in [0.3, 0.4) is 0 Å². The van der Waals surface area contributed by atoms with E-state index < -0.39 is 18.0 Å². The van der Waals surface area contributed by atoms with Crippen LogP contribution in [0.25, 0.3) is 0 Å². The fourth-order valence-electron chi connectivity index (χ4n) is 0.182. The van der Waals surface area contributed by atoms with Crippen molar-refractivity contribution in [1.29, 1.82) is 0 Å². The Kier molecular flexibility index (Phi) is 10.8. The van der Waals surface area contributed by atoms with E-state index >= 15 is 0 Å². The maximum absolute atomic E-state index is 9.92. The minimum absolute atomic E-state index is 0.0266. The molecule has 0 fully saturated rings. The third kappa shape index (κ3) is 13.4. The van der Waals surface area contributed by atoms with Gasteiger partial charge in [0.2, 0.25) is 0 Å². The fraction of sp³-hybridized carbons (Fsp3) is 0.600. The molecular formula is C5H11N3O5S. The Morgan fingerprint density at radius 1 is 1.43 bits per heavy atom. The van der Waals surface area contributed by atoms with Gasteiger partial charge in [-0.15, -0.1) is 4.91 Å². The van der Waals surface area contributed by atoms with Crippen molar-refractivity contribution in [1.82, 2.24) is 0 Å². The molecule has 14 heavy (non-hydrogen) atoms. The summed E-state index contributed by atoms with van der Waals surface area (Å²) in [6, 6.07) is -0.993. The number of rotatable bonds is 5. The van der Waals surface area contributed by atoms with Gasteiger partial charge in [0.1, 0.15) is 6.04 Å². The molecule has 1 unspecified atom stereocenters. The van der Waals surface area contributed by atoms with E-state index in [4.69, 9.17) is 15.9 Å². The zero-order valence-electron chi connectivity index (χ0n) is 7.12. The summed E-state index contributed by atoms with van der Waals surface area (Å²) in [5.74, 6) is -2.06. The van der Waals surface area contributed by atoms with Gasteiger partial charge in [-0.3, -0.25) is 9.59 Å². The summed E-state index contributed by atoms with van der Waals surface area (Å²) >= 11 is 0.608. The first-order valence-corrected chi connectivity index (χ1v) is 4.24. The van der Waals surface area contributed by atoms with Crippen molar-refractivity contribution in [2.45, 2.75) is 6.04 Å². The third-order valence-electron chi connectivity index (χ3n) is 0.799. The lowest BCUT2D eigenvalue weighted by atomic mass is 10.4. The van der Waals surface area contributed by atoms with Crippen LogP contribution in [-0.4, -0.2) is 40.5 Å². The third-order valence-corrected chi connectivity index (χ3v) is 1.41. The number of carboxylic acid groups (broad SMARTS) is 2. The van der Waals surface area contributed by atoms with Gasteiger partial charge in [0, 0.05) is 22.3 Å². The van der Waals surface area contributed by atoms with Crippen molar-refractivity contribution >= 4 is 23.9 Å². The molecule has 0 saturated heterocycles. The maximum atomic E-state index is 9.92. The number of nitrogens with zero attached hydrogens (tertiary/aromatic N) is 1. The van der Waals surface area contributed by atoms with Crippen LogP contribution in [-0.2, 0) is 9.59 Å². The van der Waals surface area contributed by atoms with Gasteiger partial charge >= 0.3 is 11.9 Å². The number of nitroso groups, excluding NO2 is 1. The maximum Gasteiger partial charge on any atom is 0.321 e. The summed E-state index contributed by atoms with van der Waals surface area (Å²) in [5.41, 5.74) is 9.56. The first-order chi connectivity index (χ1) is 6.45. The van der Waals surface area contributed by atoms with Crippen molar-refractivity contribution < 1.29 is 19.8 Å². The molecule has 0 radical (unpaired) electrons. The fourth-order valence-corrected chi connectivity index (χ4v) is 0.546. The predicted octanol–water partition coefficient (Wildman–Crippen LogP) is -1.16. The van der Waals surface area contributed by atoms with Crippen LogP contribution < -0.4 is 11.5 Å². The number of nitrogens with two attached hydrogens (primary N) is 2. The summed E-state index contributed by atoms with van der Waals surface area (Å²) in [6.45, 7) is -0.278. The highest BCUT2D eigenvalue weighted by Gasteiger charge is 2.10. The van der Waals surface area contributed by atoms with E-state index in [1.54, 1.807) is 0 Å².